The van der Waals surface area contributed by atoms with E-state index in [9.17, 15) is 9.59 Å². The van der Waals surface area contributed by atoms with Gasteiger partial charge in [-0.05, 0) is 72.9 Å². The van der Waals surface area contributed by atoms with Crippen LogP contribution in [0.3, 0.4) is 0 Å². The van der Waals surface area contributed by atoms with Crippen LogP contribution in [-0.4, -0.2) is 17.6 Å². The van der Waals surface area contributed by atoms with Gasteiger partial charge in [0.05, 0.1) is 5.75 Å². The van der Waals surface area contributed by atoms with Gasteiger partial charge in [0.1, 0.15) is 0 Å². The molecule has 5 heteroatoms. The van der Waals surface area contributed by atoms with Gasteiger partial charge in [0.15, 0.2) is 0 Å². The molecule has 0 fully saturated rings. The first kappa shape index (κ1) is 19.3. The molecule has 2 N–H and O–H groups in total. The van der Waals surface area contributed by atoms with Crippen LogP contribution < -0.4 is 10.6 Å². The fourth-order valence-corrected chi connectivity index (χ4v) is 4.21. The Bertz CT molecular complexity index is 1030. The van der Waals surface area contributed by atoms with E-state index in [0.717, 1.165) is 17.7 Å². The van der Waals surface area contributed by atoms with E-state index in [4.69, 9.17) is 0 Å². The number of amides is 2. The van der Waals surface area contributed by atoms with E-state index in [2.05, 4.69) is 28.8 Å². The topological polar surface area (TPSA) is 58.2 Å². The van der Waals surface area contributed by atoms with Crippen LogP contribution in [0.5, 0.6) is 0 Å². The molecule has 0 bridgehead atoms. The normalized spacial score (nSPS) is 12.3. The van der Waals surface area contributed by atoms with Crippen LogP contribution in [-0.2, 0) is 17.6 Å². The Morgan fingerprint density at radius 3 is 2.38 bits per heavy atom. The molecule has 2 amide bonds. The Labute approximate surface area is 174 Å². The lowest BCUT2D eigenvalue weighted by atomic mass is 10.1. The van der Waals surface area contributed by atoms with Crippen molar-refractivity contribution in [3.63, 3.8) is 0 Å². The summed E-state index contributed by atoms with van der Waals surface area (Å²) >= 11 is 1.54. The summed E-state index contributed by atoms with van der Waals surface area (Å²) < 4.78 is 0. The van der Waals surface area contributed by atoms with Crippen LogP contribution in [0.4, 0.5) is 11.4 Å². The van der Waals surface area contributed by atoms with Crippen LogP contribution in [0.25, 0.3) is 0 Å². The van der Waals surface area contributed by atoms with Gasteiger partial charge in [-0.15, -0.1) is 11.8 Å². The molecule has 146 valence electrons. The molecule has 4 rings (SSSR count). The van der Waals surface area contributed by atoms with Gasteiger partial charge in [-0.3, -0.25) is 9.59 Å². The van der Waals surface area contributed by atoms with Gasteiger partial charge < -0.3 is 10.6 Å². The standard InChI is InChI=1S/C24H22N2O2S/c27-23(16-29-22-13-12-17-8-4-9-19(17)14-22)25-20-10-5-11-21(15-20)26-24(28)18-6-2-1-3-7-18/h1-3,5-7,10-15H,4,8-9,16H2,(H,25,27)(H,26,28). The smallest absolute Gasteiger partial charge is 0.255 e. The van der Waals surface area contributed by atoms with Gasteiger partial charge in [0.2, 0.25) is 5.91 Å². The first-order valence-corrected chi connectivity index (χ1v) is 10.7. The average molecular weight is 403 g/mol. The highest BCUT2D eigenvalue weighted by molar-refractivity contribution is 8.00. The summed E-state index contributed by atoms with van der Waals surface area (Å²) in [5, 5.41) is 5.76. The minimum absolute atomic E-state index is 0.0676. The highest BCUT2D eigenvalue weighted by Gasteiger charge is 2.12. The van der Waals surface area contributed by atoms with Crippen LogP contribution in [0, 0.1) is 0 Å². The number of carbonyl (C=O) groups excluding carboxylic acids is 2. The number of carbonyl (C=O) groups is 2. The lowest BCUT2D eigenvalue weighted by molar-refractivity contribution is -0.113. The molecule has 1 aliphatic carbocycles. The average Bonchev–Trinajstić information content (AvgIpc) is 3.21. The molecule has 0 radical (unpaired) electrons. The molecule has 0 aromatic heterocycles. The van der Waals surface area contributed by atoms with E-state index in [0.29, 0.717) is 22.7 Å². The van der Waals surface area contributed by atoms with Gasteiger partial charge in [-0.2, -0.15) is 0 Å². The molecular formula is C24H22N2O2S. The maximum absolute atomic E-state index is 12.4. The number of aryl methyl sites for hydroxylation is 2. The minimum atomic E-state index is -0.179. The first-order valence-electron chi connectivity index (χ1n) is 9.68. The fraction of sp³-hybridized carbons (Fsp3) is 0.167. The van der Waals surface area contributed by atoms with Crippen molar-refractivity contribution in [3.05, 3.63) is 89.5 Å². The van der Waals surface area contributed by atoms with Crippen LogP contribution >= 0.6 is 11.8 Å². The van der Waals surface area contributed by atoms with Crippen molar-refractivity contribution in [3.8, 4) is 0 Å². The minimum Gasteiger partial charge on any atom is -0.325 e. The third kappa shape index (κ3) is 5.06. The maximum Gasteiger partial charge on any atom is 0.255 e. The Kier molecular flexibility index (Phi) is 5.96. The molecule has 3 aromatic rings. The predicted octanol–water partition coefficient (Wildman–Crippen LogP) is 5.16. The van der Waals surface area contributed by atoms with Crippen molar-refractivity contribution < 1.29 is 9.59 Å². The highest BCUT2D eigenvalue weighted by Crippen LogP contribution is 2.27. The van der Waals surface area contributed by atoms with Gasteiger partial charge in [0.25, 0.3) is 5.91 Å². The molecule has 0 saturated heterocycles. The summed E-state index contributed by atoms with van der Waals surface area (Å²) in [6.07, 6.45) is 3.52. The molecule has 0 aliphatic heterocycles. The second kappa shape index (κ2) is 8.97. The second-order valence-corrected chi connectivity index (χ2v) is 8.07. The van der Waals surface area contributed by atoms with Crippen LogP contribution in [0.1, 0.15) is 27.9 Å². The number of fused-ring (bicyclic) bond motifs is 1. The zero-order chi connectivity index (χ0) is 20.1. The predicted molar refractivity (Wildman–Crippen MR) is 119 cm³/mol. The number of rotatable bonds is 6. The van der Waals surface area contributed by atoms with E-state index in [1.807, 2.05) is 30.3 Å². The second-order valence-electron chi connectivity index (χ2n) is 7.02. The summed E-state index contributed by atoms with van der Waals surface area (Å²) in [5.74, 6) is 0.0996. The van der Waals surface area contributed by atoms with Gasteiger partial charge in [0, 0.05) is 21.8 Å². The Hall–Kier alpha value is -3.05. The monoisotopic (exact) mass is 402 g/mol. The van der Waals surface area contributed by atoms with Crippen molar-refractivity contribution in [1.82, 2.24) is 0 Å². The van der Waals surface area contributed by atoms with Crippen molar-refractivity contribution >= 4 is 35.0 Å². The van der Waals surface area contributed by atoms with E-state index in [-0.39, 0.29) is 11.8 Å². The SMILES string of the molecule is O=C(CSc1ccc2c(c1)CCC2)Nc1cccc(NC(=O)c2ccccc2)c1. The van der Waals surface area contributed by atoms with Crippen molar-refractivity contribution in [2.45, 2.75) is 24.2 Å². The van der Waals surface area contributed by atoms with Crippen molar-refractivity contribution in [2.75, 3.05) is 16.4 Å². The fourth-order valence-electron chi connectivity index (χ4n) is 3.45. The first-order chi connectivity index (χ1) is 14.2. The maximum atomic E-state index is 12.4. The summed E-state index contributed by atoms with van der Waals surface area (Å²) in [7, 11) is 0. The summed E-state index contributed by atoms with van der Waals surface area (Å²) in [6.45, 7) is 0. The molecule has 0 spiro atoms. The van der Waals surface area contributed by atoms with E-state index in [1.54, 1.807) is 36.0 Å². The highest BCUT2D eigenvalue weighted by atomic mass is 32.2. The molecule has 0 atom stereocenters. The van der Waals surface area contributed by atoms with Gasteiger partial charge in [-0.25, -0.2) is 0 Å². The van der Waals surface area contributed by atoms with E-state index < -0.39 is 0 Å². The number of hydrogen-bond acceptors (Lipinski definition) is 3. The lowest BCUT2D eigenvalue weighted by Gasteiger charge is -2.09. The summed E-state index contributed by atoms with van der Waals surface area (Å²) in [4.78, 5) is 25.8. The molecule has 29 heavy (non-hydrogen) atoms. The number of benzene rings is 3. The Morgan fingerprint density at radius 2 is 1.55 bits per heavy atom. The zero-order valence-electron chi connectivity index (χ0n) is 16.0. The molecule has 3 aromatic carbocycles. The number of thioether (sulfide) groups is 1. The van der Waals surface area contributed by atoms with E-state index >= 15 is 0 Å². The summed E-state index contributed by atoms with van der Waals surface area (Å²) in [5.41, 5.74) is 4.75. The number of anilines is 2. The molecule has 0 saturated carbocycles. The van der Waals surface area contributed by atoms with Crippen molar-refractivity contribution in [1.29, 1.82) is 0 Å². The molecule has 0 heterocycles. The van der Waals surface area contributed by atoms with Crippen LogP contribution in [0.15, 0.2) is 77.7 Å². The summed E-state index contributed by atoms with van der Waals surface area (Å²) in [6, 6.07) is 22.7. The van der Waals surface area contributed by atoms with Gasteiger partial charge >= 0.3 is 0 Å². The molecule has 1 aliphatic rings. The van der Waals surface area contributed by atoms with Gasteiger partial charge in [-0.1, -0.05) is 30.3 Å². The van der Waals surface area contributed by atoms with Crippen molar-refractivity contribution in [2.24, 2.45) is 0 Å². The molecular weight excluding hydrogens is 380 g/mol. The Morgan fingerprint density at radius 1 is 0.793 bits per heavy atom. The quantitative estimate of drug-likeness (QED) is 0.560. The zero-order valence-corrected chi connectivity index (χ0v) is 16.8. The number of hydrogen-bond donors (Lipinski definition) is 2. The van der Waals surface area contributed by atoms with Crippen LogP contribution in [0.2, 0.25) is 0 Å². The third-order valence-electron chi connectivity index (χ3n) is 4.88. The Balaban J connectivity index is 1.32. The largest absolute Gasteiger partial charge is 0.325 e. The number of nitrogens with one attached hydrogen (secondary N) is 2. The lowest BCUT2D eigenvalue weighted by Crippen LogP contribution is -2.15. The molecule has 4 nitrogen and oxygen atoms in total. The third-order valence-corrected chi connectivity index (χ3v) is 5.87. The van der Waals surface area contributed by atoms with E-state index in [1.165, 1.54) is 17.5 Å². The molecule has 0 unspecified atom stereocenters.